The van der Waals surface area contributed by atoms with Crippen LogP contribution in [0.3, 0.4) is 0 Å². The molecule has 3 rings (SSSR count). The lowest BCUT2D eigenvalue weighted by Crippen LogP contribution is -2.49. The zero-order valence-electron chi connectivity index (χ0n) is 17.1. The fourth-order valence-electron chi connectivity index (χ4n) is 4.11. The summed E-state index contributed by atoms with van der Waals surface area (Å²) in [7, 11) is -3.35. The molecule has 0 bridgehead atoms. The standard InChI is InChI=1S/C19H29N3O5S2/c1-15-6-4-5-12-21(15)29(26,27)18-9-7-16(8-10-18)19(23)22(20(2)3)17-11-13-28(24,25)14-17/h7-10,15,17H,4-6,11-14H2,1-3H3/t15-,17+/m0/s1. The van der Waals surface area contributed by atoms with Crippen LogP contribution in [-0.2, 0) is 19.9 Å². The summed E-state index contributed by atoms with van der Waals surface area (Å²) in [5, 5.41) is 3.04. The van der Waals surface area contributed by atoms with Gasteiger partial charge in [-0.2, -0.15) is 4.31 Å². The van der Waals surface area contributed by atoms with Crippen LogP contribution in [0.4, 0.5) is 0 Å². The van der Waals surface area contributed by atoms with Gasteiger partial charge in [0.15, 0.2) is 9.84 Å². The Morgan fingerprint density at radius 3 is 2.28 bits per heavy atom. The van der Waals surface area contributed by atoms with Crippen LogP contribution in [0.2, 0.25) is 0 Å². The van der Waals surface area contributed by atoms with E-state index >= 15 is 0 Å². The van der Waals surface area contributed by atoms with Crippen molar-refractivity contribution in [3.05, 3.63) is 29.8 Å². The van der Waals surface area contributed by atoms with Crippen molar-refractivity contribution in [1.29, 1.82) is 0 Å². The first-order valence-corrected chi connectivity index (χ1v) is 13.1. The first-order chi connectivity index (χ1) is 13.5. The Kier molecular flexibility index (Phi) is 6.38. The molecule has 1 amide bonds. The molecule has 1 aromatic rings. The van der Waals surface area contributed by atoms with Crippen LogP contribution in [0, 0.1) is 0 Å². The molecule has 0 aliphatic carbocycles. The number of hydrazine groups is 1. The molecule has 29 heavy (non-hydrogen) atoms. The molecule has 2 saturated heterocycles. The molecule has 2 aliphatic rings. The van der Waals surface area contributed by atoms with E-state index in [-0.39, 0.29) is 28.4 Å². The van der Waals surface area contributed by atoms with Crippen LogP contribution in [0.1, 0.15) is 43.0 Å². The Labute approximate surface area is 173 Å². The summed E-state index contributed by atoms with van der Waals surface area (Å²) >= 11 is 0. The summed E-state index contributed by atoms with van der Waals surface area (Å²) in [4.78, 5) is 13.2. The van der Waals surface area contributed by atoms with Crippen LogP contribution >= 0.6 is 0 Å². The first-order valence-electron chi connectivity index (χ1n) is 9.86. The lowest BCUT2D eigenvalue weighted by Gasteiger charge is -2.34. The monoisotopic (exact) mass is 443 g/mol. The number of benzene rings is 1. The minimum Gasteiger partial charge on any atom is -0.268 e. The third-order valence-corrected chi connectivity index (χ3v) is 9.42. The predicted octanol–water partition coefficient (Wildman–Crippen LogP) is 1.36. The first kappa shape index (κ1) is 22.2. The smallest absolute Gasteiger partial charge is 0.268 e. The molecule has 0 radical (unpaired) electrons. The summed E-state index contributed by atoms with van der Waals surface area (Å²) in [6.07, 6.45) is 3.11. The van der Waals surface area contributed by atoms with Crippen LogP contribution in [0.25, 0.3) is 0 Å². The van der Waals surface area contributed by atoms with E-state index in [0.717, 1.165) is 19.3 Å². The van der Waals surface area contributed by atoms with E-state index in [1.165, 1.54) is 33.6 Å². The third-order valence-electron chi connectivity index (χ3n) is 5.64. The number of nitrogens with zero attached hydrogens (tertiary/aromatic N) is 3. The molecule has 8 nitrogen and oxygen atoms in total. The minimum atomic E-state index is -3.60. The summed E-state index contributed by atoms with van der Waals surface area (Å²) in [5.41, 5.74) is 0.327. The van der Waals surface area contributed by atoms with Gasteiger partial charge in [0.25, 0.3) is 5.91 Å². The molecule has 2 aliphatic heterocycles. The summed E-state index contributed by atoms with van der Waals surface area (Å²) < 4.78 is 51.1. The highest BCUT2D eigenvalue weighted by Gasteiger charge is 2.37. The molecular weight excluding hydrogens is 414 g/mol. The Morgan fingerprint density at radius 1 is 1.10 bits per heavy atom. The average molecular weight is 444 g/mol. The lowest BCUT2D eigenvalue weighted by molar-refractivity contribution is 0.00100. The van der Waals surface area contributed by atoms with Gasteiger partial charge in [0.1, 0.15) is 0 Å². The maximum Gasteiger partial charge on any atom is 0.268 e. The highest BCUT2D eigenvalue weighted by Crippen LogP contribution is 2.26. The molecule has 10 heteroatoms. The largest absolute Gasteiger partial charge is 0.268 e. The SMILES string of the molecule is C[C@H]1CCCCN1S(=O)(=O)c1ccc(C(=O)N([C@@H]2CCS(=O)(=O)C2)N(C)C)cc1. The predicted molar refractivity (Wildman–Crippen MR) is 111 cm³/mol. The van der Waals surface area contributed by atoms with Gasteiger partial charge < -0.3 is 0 Å². The molecule has 0 spiro atoms. The molecule has 0 N–H and O–H groups in total. The Hall–Kier alpha value is -1.49. The van der Waals surface area contributed by atoms with E-state index < -0.39 is 25.9 Å². The van der Waals surface area contributed by atoms with Crippen molar-refractivity contribution in [3.8, 4) is 0 Å². The van der Waals surface area contributed by atoms with E-state index in [9.17, 15) is 21.6 Å². The summed E-state index contributed by atoms with van der Waals surface area (Å²) in [6.45, 7) is 2.42. The Bertz CT molecular complexity index is 958. The molecule has 2 heterocycles. The van der Waals surface area contributed by atoms with Crippen molar-refractivity contribution >= 4 is 25.8 Å². The van der Waals surface area contributed by atoms with Crippen LogP contribution < -0.4 is 0 Å². The second-order valence-electron chi connectivity index (χ2n) is 8.04. The highest BCUT2D eigenvalue weighted by atomic mass is 32.2. The topological polar surface area (TPSA) is 95.1 Å². The normalized spacial score (nSPS) is 25.2. The highest BCUT2D eigenvalue weighted by molar-refractivity contribution is 7.91. The van der Waals surface area contributed by atoms with Crippen LogP contribution in [0.5, 0.6) is 0 Å². The fourth-order valence-corrected chi connectivity index (χ4v) is 7.50. The number of carbonyl (C=O) groups excluding carboxylic acids is 1. The van der Waals surface area contributed by atoms with Gasteiger partial charge in [-0.1, -0.05) is 6.42 Å². The maximum absolute atomic E-state index is 13.0. The zero-order chi connectivity index (χ0) is 21.4. The van der Waals surface area contributed by atoms with Gasteiger partial charge in [0, 0.05) is 32.2 Å². The number of rotatable bonds is 5. The summed E-state index contributed by atoms with van der Waals surface area (Å²) in [6, 6.07) is 5.48. The molecule has 0 unspecified atom stereocenters. The van der Waals surface area contributed by atoms with Crippen molar-refractivity contribution < 1.29 is 21.6 Å². The van der Waals surface area contributed by atoms with Gasteiger partial charge >= 0.3 is 0 Å². The molecule has 2 atom stereocenters. The van der Waals surface area contributed by atoms with Crippen molar-refractivity contribution in [2.24, 2.45) is 0 Å². The third kappa shape index (κ3) is 4.65. The van der Waals surface area contributed by atoms with Gasteiger partial charge in [0.05, 0.1) is 22.4 Å². The van der Waals surface area contributed by atoms with E-state index in [1.807, 2.05) is 6.92 Å². The van der Waals surface area contributed by atoms with Gasteiger partial charge in [-0.15, -0.1) is 0 Å². The average Bonchev–Trinajstić information content (AvgIpc) is 3.01. The number of hydrogen-bond donors (Lipinski definition) is 0. The molecule has 1 aromatic carbocycles. The Morgan fingerprint density at radius 2 is 1.76 bits per heavy atom. The number of sulfonamides is 1. The van der Waals surface area contributed by atoms with Crippen LogP contribution in [-0.4, -0.2) is 81.3 Å². The number of hydrogen-bond acceptors (Lipinski definition) is 6. The van der Waals surface area contributed by atoms with E-state index in [1.54, 1.807) is 19.1 Å². The Balaban J connectivity index is 1.82. The molecule has 162 valence electrons. The number of amides is 1. The van der Waals surface area contributed by atoms with Gasteiger partial charge in [-0.25, -0.2) is 21.8 Å². The molecule has 0 aromatic heterocycles. The van der Waals surface area contributed by atoms with Gasteiger partial charge in [-0.3, -0.25) is 9.80 Å². The molecule has 0 saturated carbocycles. The zero-order valence-corrected chi connectivity index (χ0v) is 18.7. The van der Waals surface area contributed by atoms with Crippen molar-refractivity contribution in [1.82, 2.24) is 14.3 Å². The minimum absolute atomic E-state index is 0.0383. The van der Waals surface area contributed by atoms with Crippen molar-refractivity contribution in [2.75, 3.05) is 32.1 Å². The van der Waals surface area contributed by atoms with E-state index in [4.69, 9.17) is 0 Å². The van der Waals surface area contributed by atoms with Gasteiger partial charge in [0.2, 0.25) is 10.0 Å². The van der Waals surface area contributed by atoms with Crippen LogP contribution in [0.15, 0.2) is 29.2 Å². The maximum atomic E-state index is 13.0. The second-order valence-corrected chi connectivity index (χ2v) is 12.2. The number of piperidine rings is 1. The lowest BCUT2D eigenvalue weighted by atomic mass is 10.1. The van der Waals surface area contributed by atoms with Gasteiger partial charge in [-0.05, 0) is 50.5 Å². The summed E-state index contributed by atoms with van der Waals surface area (Å²) in [5.74, 6) is -0.330. The molecule has 2 fully saturated rings. The second kappa shape index (κ2) is 8.33. The van der Waals surface area contributed by atoms with Crippen molar-refractivity contribution in [2.45, 2.75) is 49.6 Å². The van der Waals surface area contributed by atoms with E-state index in [2.05, 4.69) is 0 Å². The number of carbonyl (C=O) groups is 1. The fraction of sp³-hybridized carbons (Fsp3) is 0.632. The number of sulfone groups is 1. The molecular formula is C19H29N3O5S2. The quantitative estimate of drug-likeness (QED) is 0.638. The van der Waals surface area contributed by atoms with E-state index in [0.29, 0.717) is 18.5 Å². The van der Waals surface area contributed by atoms with Crippen molar-refractivity contribution in [3.63, 3.8) is 0 Å².